The Hall–Kier alpha value is -2.31. The van der Waals surface area contributed by atoms with Crippen molar-refractivity contribution < 1.29 is 17.0 Å². The highest BCUT2D eigenvalue weighted by atomic mass is 35.5. The monoisotopic (exact) mass is 378 g/mol. The molecular weight excluding hydrogens is 364 g/mol. The van der Waals surface area contributed by atoms with Crippen LogP contribution in [0.2, 0.25) is 5.02 Å². The summed E-state index contributed by atoms with van der Waals surface area (Å²) in [7, 11) is -4.01. The predicted molar refractivity (Wildman–Crippen MR) is 95.7 cm³/mol. The van der Waals surface area contributed by atoms with Crippen molar-refractivity contribution in [2.75, 3.05) is 0 Å². The van der Waals surface area contributed by atoms with Crippen LogP contribution >= 0.6 is 11.6 Å². The molecule has 0 N–H and O–H groups in total. The summed E-state index contributed by atoms with van der Waals surface area (Å²) in [6.45, 7) is 2.01. The maximum Gasteiger partial charge on any atom is 0.339 e. The Morgan fingerprint density at radius 3 is 2.48 bits per heavy atom. The van der Waals surface area contributed by atoms with E-state index in [1.807, 2.05) is 6.92 Å². The summed E-state index contributed by atoms with van der Waals surface area (Å²) in [5.41, 5.74) is 0.675. The van der Waals surface area contributed by atoms with E-state index in [9.17, 15) is 13.2 Å². The van der Waals surface area contributed by atoms with Crippen molar-refractivity contribution >= 4 is 32.7 Å². The Balaban J connectivity index is 1.99. The number of halogens is 1. The van der Waals surface area contributed by atoms with Gasteiger partial charge < -0.3 is 8.60 Å². The average molecular weight is 379 g/mol. The summed E-state index contributed by atoms with van der Waals surface area (Å²) in [6, 6.07) is 11.7. The third kappa shape index (κ3) is 3.86. The summed E-state index contributed by atoms with van der Waals surface area (Å²) < 4.78 is 35.0. The lowest BCUT2D eigenvalue weighted by Gasteiger charge is -2.09. The van der Waals surface area contributed by atoms with E-state index in [-0.39, 0.29) is 10.6 Å². The van der Waals surface area contributed by atoms with Crippen molar-refractivity contribution in [3.63, 3.8) is 0 Å². The molecule has 0 aliphatic rings. The molecule has 0 unspecified atom stereocenters. The van der Waals surface area contributed by atoms with Crippen molar-refractivity contribution in [1.82, 2.24) is 0 Å². The first-order chi connectivity index (χ1) is 11.9. The number of hydrogen-bond donors (Lipinski definition) is 0. The van der Waals surface area contributed by atoms with Gasteiger partial charge >= 0.3 is 15.7 Å². The molecule has 7 heteroatoms. The molecule has 0 saturated heterocycles. The van der Waals surface area contributed by atoms with Crippen molar-refractivity contribution in [2.45, 2.75) is 24.7 Å². The summed E-state index contributed by atoms with van der Waals surface area (Å²) in [5.74, 6) is 0.0687. The van der Waals surface area contributed by atoms with Crippen LogP contribution in [0.5, 0.6) is 5.75 Å². The molecule has 0 saturated carbocycles. The molecule has 0 bridgehead atoms. The van der Waals surface area contributed by atoms with Gasteiger partial charge in [-0.15, -0.1) is 0 Å². The minimum absolute atomic E-state index is 0.0156. The van der Waals surface area contributed by atoms with E-state index in [1.165, 1.54) is 42.5 Å². The Morgan fingerprint density at radius 2 is 1.80 bits per heavy atom. The lowest BCUT2D eigenvalue weighted by atomic mass is 10.1. The summed E-state index contributed by atoms with van der Waals surface area (Å²) in [4.78, 5) is 11.7. The van der Waals surface area contributed by atoms with Gasteiger partial charge in [0, 0.05) is 22.5 Å². The van der Waals surface area contributed by atoms with Gasteiger partial charge in [-0.25, -0.2) is 4.79 Å². The fraction of sp³-hybridized carbons (Fsp3) is 0.167. The topological polar surface area (TPSA) is 73.6 Å². The van der Waals surface area contributed by atoms with Gasteiger partial charge in [-0.2, -0.15) is 8.42 Å². The standard InChI is InChI=1S/C18H15ClO5S/c1-2-3-12-10-18(20)23-17-11-14(6-9-16(12)17)24-25(21,22)15-7-4-13(19)5-8-15/h4-11H,2-3H2,1H3. The highest BCUT2D eigenvalue weighted by Gasteiger charge is 2.17. The van der Waals surface area contributed by atoms with Crippen LogP contribution in [0.1, 0.15) is 18.9 Å². The first-order valence-corrected chi connectivity index (χ1v) is 9.44. The minimum atomic E-state index is -4.01. The van der Waals surface area contributed by atoms with Gasteiger partial charge in [0.25, 0.3) is 0 Å². The van der Waals surface area contributed by atoms with E-state index in [2.05, 4.69) is 0 Å². The number of aryl methyl sites for hydroxylation is 1. The molecule has 0 spiro atoms. The van der Waals surface area contributed by atoms with Gasteiger partial charge in [0.1, 0.15) is 16.2 Å². The molecule has 5 nitrogen and oxygen atoms in total. The Kier molecular flexibility index (Phi) is 4.83. The SMILES string of the molecule is CCCc1cc(=O)oc2cc(OS(=O)(=O)c3ccc(Cl)cc3)ccc12. The third-order valence-electron chi connectivity index (χ3n) is 3.63. The first kappa shape index (κ1) is 17.5. The molecule has 0 atom stereocenters. The fourth-order valence-electron chi connectivity index (χ4n) is 2.51. The van der Waals surface area contributed by atoms with E-state index in [0.717, 1.165) is 23.8 Å². The predicted octanol–water partition coefficient (Wildman–Crippen LogP) is 4.17. The molecule has 25 heavy (non-hydrogen) atoms. The third-order valence-corrected chi connectivity index (χ3v) is 5.14. The molecule has 0 aliphatic heterocycles. The molecule has 2 aromatic carbocycles. The molecule has 0 fully saturated rings. The smallest absolute Gasteiger partial charge is 0.339 e. The minimum Gasteiger partial charge on any atom is -0.423 e. The van der Waals surface area contributed by atoms with E-state index in [0.29, 0.717) is 10.6 Å². The Morgan fingerprint density at radius 1 is 1.08 bits per heavy atom. The van der Waals surface area contributed by atoms with Crippen molar-refractivity contribution in [3.8, 4) is 5.75 Å². The molecule has 3 aromatic rings. The molecule has 0 radical (unpaired) electrons. The fourth-order valence-corrected chi connectivity index (χ4v) is 3.56. The van der Waals surface area contributed by atoms with Crippen LogP contribution < -0.4 is 9.81 Å². The quantitative estimate of drug-likeness (QED) is 0.492. The molecule has 1 heterocycles. The summed E-state index contributed by atoms with van der Waals surface area (Å²) in [5, 5.41) is 1.19. The molecule has 130 valence electrons. The van der Waals surface area contributed by atoms with Gasteiger partial charge in [0.2, 0.25) is 0 Å². The molecular formula is C18H15ClO5S. The number of fused-ring (bicyclic) bond motifs is 1. The van der Waals surface area contributed by atoms with Crippen LogP contribution in [0.15, 0.2) is 62.6 Å². The van der Waals surface area contributed by atoms with Crippen LogP contribution in [0.25, 0.3) is 11.0 Å². The second kappa shape index (κ2) is 6.90. The molecule has 0 amide bonds. The highest BCUT2D eigenvalue weighted by molar-refractivity contribution is 7.87. The highest BCUT2D eigenvalue weighted by Crippen LogP contribution is 2.26. The summed E-state index contributed by atoms with van der Waals surface area (Å²) >= 11 is 5.76. The number of benzene rings is 2. The van der Waals surface area contributed by atoms with E-state index in [4.69, 9.17) is 20.2 Å². The van der Waals surface area contributed by atoms with Crippen molar-refractivity contribution in [1.29, 1.82) is 0 Å². The van der Waals surface area contributed by atoms with Crippen molar-refractivity contribution in [3.05, 3.63) is 69.5 Å². The van der Waals surface area contributed by atoms with Gasteiger partial charge in [-0.3, -0.25) is 0 Å². The Labute approximate surface area is 149 Å². The number of rotatable bonds is 5. The zero-order valence-corrected chi connectivity index (χ0v) is 14.9. The zero-order chi connectivity index (χ0) is 18.0. The zero-order valence-electron chi connectivity index (χ0n) is 13.4. The maximum absolute atomic E-state index is 12.3. The van der Waals surface area contributed by atoms with Crippen LogP contribution in [-0.2, 0) is 16.5 Å². The average Bonchev–Trinajstić information content (AvgIpc) is 2.54. The van der Waals surface area contributed by atoms with E-state index < -0.39 is 15.7 Å². The van der Waals surface area contributed by atoms with Gasteiger partial charge in [0.15, 0.2) is 0 Å². The van der Waals surface area contributed by atoms with E-state index >= 15 is 0 Å². The van der Waals surface area contributed by atoms with E-state index in [1.54, 1.807) is 6.07 Å². The van der Waals surface area contributed by atoms with Crippen LogP contribution in [0.4, 0.5) is 0 Å². The van der Waals surface area contributed by atoms with Crippen LogP contribution in [0.3, 0.4) is 0 Å². The molecule has 0 aliphatic carbocycles. The second-order valence-corrected chi connectivity index (χ2v) is 7.47. The second-order valence-electron chi connectivity index (χ2n) is 5.49. The molecule has 3 rings (SSSR count). The lowest BCUT2D eigenvalue weighted by Crippen LogP contribution is -2.09. The normalized spacial score (nSPS) is 11.6. The Bertz CT molecular complexity index is 1070. The first-order valence-electron chi connectivity index (χ1n) is 7.66. The largest absolute Gasteiger partial charge is 0.423 e. The van der Waals surface area contributed by atoms with Crippen molar-refractivity contribution in [2.24, 2.45) is 0 Å². The van der Waals surface area contributed by atoms with Crippen LogP contribution in [0, 0.1) is 0 Å². The molecule has 1 aromatic heterocycles. The number of hydrogen-bond acceptors (Lipinski definition) is 5. The van der Waals surface area contributed by atoms with Crippen LogP contribution in [-0.4, -0.2) is 8.42 Å². The van der Waals surface area contributed by atoms with Gasteiger partial charge in [-0.1, -0.05) is 24.9 Å². The van der Waals surface area contributed by atoms with Gasteiger partial charge in [0.05, 0.1) is 0 Å². The lowest BCUT2D eigenvalue weighted by molar-refractivity contribution is 0.485. The van der Waals surface area contributed by atoms with Gasteiger partial charge in [-0.05, 0) is 48.4 Å². The maximum atomic E-state index is 12.3. The summed E-state index contributed by atoms with van der Waals surface area (Å²) in [6.07, 6.45) is 1.60.